The summed E-state index contributed by atoms with van der Waals surface area (Å²) in [7, 11) is 3.16. The van der Waals surface area contributed by atoms with Crippen LogP contribution in [0.1, 0.15) is 26.2 Å². The van der Waals surface area contributed by atoms with Crippen LogP contribution in [0.25, 0.3) is 0 Å². The molecule has 8 heteroatoms. The van der Waals surface area contributed by atoms with Crippen LogP contribution in [0.2, 0.25) is 0 Å². The molecule has 0 aromatic rings. The second-order valence-corrected chi connectivity index (χ2v) is 6.22. The number of carbonyl (C=O) groups is 3. The second-order valence-electron chi connectivity index (χ2n) is 3.51. The summed E-state index contributed by atoms with van der Waals surface area (Å²) >= 11 is 0. The normalized spacial score (nSPS) is 9.89. The molecule has 0 atom stereocenters. The Kier molecular flexibility index (Phi) is 10.9. The van der Waals surface area contributed by atoms with Gasteiger partial charge >= 0.3 is 0 Å². The van der Waals surface area contributed by atoms with Crippen molar-refractivity contribution in [1.82, 2.24) is 10.7 Å². The maximum Gasteiger partial charge on any atom is 0.235 e. The predicted molar refractivity (Wildman–Crippen MR) is 74.8 cm³/mol. The van der Waals surface area contributed by atoms with Crippen LogP contribution in [-0.2, 0) is 14.4 Å². The number of ketones is 1. The fraction of sp³-hybridized carbons (Fsp3) is 0.700. The Morgan fingerprint density at radius 2 is 1.61 bits per heavy atom. The molecular weight excluding hydrogens is 274 g/mol. The summed E-state index contributed by atoms with van der Waals surface area (Å²) in [6.45, 7) is 1.86. The van der Waals surface area contributed by atoms with Gasteiger partial charge in [0.25, 0.3) is 0 Å². The molecule has 0 fully saturated rings. The van der Waals surface area contributed by atoms with E-state index in [2.05, 4.69) is 5.32 Å². The van der Waals surface area contributed by atoms with Gasteiger partial charge < -0.3 is 5.32 Å². The minimum atomic E-state index is -0.301. The first-order valence-electron chi connectivity index (χ1n) is 5.56. The Labute approximate surface area is 115 Å². The molecule has 0 aromatic carbocycles. The van der Waals surface area contributed by atoms with Crippen molar-refractivity contribution in [2.24, 2.45) is 5.84 Å². The first-order chi connectivity index (χ1) is 8.56. The van der Waals surface area contributed by atoms with E-state index in [0.717, 1.165) is 5.75 Å². The van der Waals surface area contributed by atoms with E-state index in [1.165, 1.54) is 0 Å². The van der Waals surface area contributed by atoms with Crippen molar-refractivity contribution in [3.05, 3.63) is 0 Å². The average molecular weight is 293 g/mol. The molecule has 104 valence electrons. The van der Waals surface area contributed by atoms with Gasteiger partial charge in [-0.05, 0) is 6.92 Å². The molecule has 4 N–H and O–H groups in total. The number of hydrogen-bond acceptors (Lipinski definition) is 6. The molecular formula is C10H19N3O3S2. The number of hydrogen-bond donors (Lipinski definition) is 3. The Morgan fingerprint density at radius 1 is 1.00 bits per heavy atom. The van der Waals surface area contributed by atoms with Crippen molar-refractivity contribution in [3.63, 3.8) is 0 Å². The number of Topliss-reactive ketones (excluding diaryl/α,β-unsaturated/α-hetero) is 1. The Balaban J connectivity index is 3.32. The summed E-state index contributed by atoms with van der Waals surface area (Å²) in [5.74, 6) is 6.16. The molecule has 0 aliphatic heterocycles. The maximum atomic E-state index is 11.3. The molecule has 2 amide bonds. The standard InChI is InChI=1S/C10H19N3O3S2/c1-8(14)3-6-17-18-7-4-9(15)12-5-2-10(16)13-11/h2-7,11H2,1H3,(H,12,15)(H,13,16). The molecule has 6 nitrogen and oxygen atoms in total. The summed E-state index contributed by atoms with van der Waals surface area (Å²) < 4.78 is 0. The van der Waals surface area contributed by atoms with E-state index in [9.17, 15) is 14.4 Å². The number of rotatable bonds is 10. The number of nitrogens with two attached hydrogens (primary N) is 1. The van der Waals surface area contributed by atoms with E-state index in [1.54, 1.807) is 28.5 Å². The number of amides is 2. The van der Waals surface area contributed by atoms with Crippen LogP contribution in [0.4, 0.5) is 0 Å². The first kappa shape index (κ1) is 17.3. The topological polar surface area (TPSA) is 101 Å². The van der Waals surface area contributed by atoms with Crippen LogP contribution in [0, 0.1) is 0 Å². The van der Waals surface area contributed by atoms with E-state index >= 15 is 0 Å². The first-order valence-corrected chi connectivity index (χ1v) is 8.05. The van der Waals surface area contributed by atoms with Gasteiger partial charge in [0.2, 0.25) is 11.8 Å². The summed E-state index contributed by atoms with van der Waals surface area (Å²) in [5.41, 5.74) is 1.99. The SMILES string of the molecule is CC(=O)CCSSCCC(=O)NCCC(=O)NN. The van der Waals surface area contributed by atoms with Crippen molar-refractivity contribution >= 4 is 39.2 Å². The van der Waals surface area contributed by atoms with Gasteiger partial charge in [-0.25, -0.2) is 5.84 Å². The molecule has 0 rings (SSSR count). The van der Waals surface area contributed by atoms with Gasteiger partial charge in [0.15, 0.2) is 0 Å². The van der Waals surface area contributed by atoms with Crippen molar-refractivity contribution in [3.8, 4) is 0 Å². The van der Waals surface area contributed by atoms with Crippen molar-refractivity contribution in [1.29, 1.82) is 0 Å². The molecule has 0 aliphatic carbocycles. The van der Waals surface area contributed by atoms with Crippen LogP contribution in [0.3, 0.4) is 0 Å². The molecule has 0 spiro atoms. The van der Waals surface area contributed by atoms with Crippen LogP contribution < -0.4 is 16.6 Å². The molecule has 0 radical (unpaired) electrons. The third-order valence-electron chi connectivity index (χ3n) is 1.87. The monoisotopic (exact) mass is 293 g/mol. The Morgan fingerprint density at radius 3 is 2.17 bits per heavy atom. The second kappa shape index (κ2) is 11.4. The van der Waals surface area contributed by atoms with Gasteiger partial charge in [-0.3, -0.25) is 19.8 Å². The highest BCUT2D eigenvalue weighted by Gasteiger charge is 2.03. The summed E-state index contributed by atoms with van der Waals surface area (Å²) in [6, 6.07) is 0. The van der Waals surface area contributed by atoms with E-state index in [-0.39, 0.29) is 24.0 Å². The number of nitrogens with one attached hydrogen (secondary N) is 2. The van der Waals surface area contributed by atoms with Crippen LogP contribution in [0.5, 0.6) is 0 Å². The third kappa shape index (κ3) is 11.7. The van der Waals surface area contributed by atoms with Gasteiger partial charge in [-0.2, -0.15) is 0 Å². The lowest BCUT2D eigenvalue weighted by atomic mass is 10.4. The molecule has 0 bridgehead atoms. The van der Waals surface area contributed by atoms with Crippen molar-refractivity contribution in [2.75, 3.05) is 18.1 Å². The highest BCUT2D eigenvalue weighted by atomic mass is 33.1. The van der Waals surface area contributed by atoms with Gasteiger partial charge in [-0.15, -0.1) is 0 Å². The van der Waals surface area contributed by atoms with E-state index in [0.29, 0.717) is 25.1 Å². The molecule has 0 saturated carbocycles. The van der Waals surface area contributed by atoms with Crippen LogP contribution in [-0.4, -0.2) is 35.6 Å². The van der Waals surface area contributed by atoms with Crippen molar-refractivity contribution in [2.45, 2.75) is 26.2 Å². The summed E-state index contributed by atoms with van der Waals surface area (Å²) in [5, 5.41) is 2.62. The highest BCUT2D eigenvalue weighted by molar-refractivity contribution is 8.76. The average Bonchev–Trinajstić information content (AvgIpc) is 2.33. The fourth-order valence-corrected chi connectivity index (χ4v) is 3.00. The predicted octanol–water partition coefficient (Wildman–Crippen LogP) is 0.233. The van der Waals surface area contributed by atoms with Crippen LogP contribution in [0.15, 0.2) is 0 Å². The highest BCUT2D eigenvalue weighted by Crippen LogP contribution is 2.22. The number of hydrazine groups is 1. The maximum absolute atomic E-state index is 11.3. The zero-order valence-corrected chi connectivity index (χ0v) is 12.0. The molecule has 0 aromatic heterocycles. The molecule has 18 heavy (non-hydrogen) atoms. The van der Waals surface area contributed by atoms with Crippen molar-refractivity contribution < 1.29 is 14.4 Å². The summed E-state index contributed by atoms with van der Waals surface area (Å²) in [6.07, 6.45) is 1.16. The molecule has 0 saturated heterocycles. The fourth-order valence-electron chi connectivity index (χ4n) is 0.914. The van der Waals surface area contributed by atoms with E-state index in [1.807, 2.05) is 5.43 Å². The summed E-state index contributed by atoms with van der Waals surface area (Å²) in [4.78, 5) is 32.7. The molecule has 0 aliphatic rings. The lowest BCUT2D eigenvalue weighted by Crippen LogP contribution is -2.34. The molecule has 0 unspecified atom stereocenters. The molecule has 0 heterocycles. The number of carbonyl (C=O) groups excluding carboxylic acids is 3. The largest absolute Gasteiger partial charge is 0.356 e. The van der Waals surface area contributed by atoms with Gasteiger partial charge in [0.1, 0.15) is 5.78 Å². The van der Waals surface area contributed by atoms with E-state index in [4.69, 9.17) is 5.84 Å². The zero-order valence-electron chi connectivity index (χ0n) is 10.4. The van der Waals surface area contributed by atoms with Gasteiger partial charge in [0, 0.05) is 37.3 Å². The third-order valence-corrected chi connectivity index (χ3v) is 4.28. The Hall–Kier alpha value is -0.730. The quantitative estimate of drug-likeness (QED) is 0.175. The zero-order chi connectivity index (χ0) is 13.8. The lowest BCUT2D eigenvalue weighted by Gasteiger charge is -2.04. The van der Waals surface area contributed by atoms with E-state index < -0.39 is 0 Å². The smallest absolute Gasteiger partial charge is 0.235 e. The minimum absolute atomic E-state index is 0.0838. The van der Waals surface area contributed by atoms with Gasteiger partial charge in [-0.1, -0.05) is 21.6 Å². The minimum Gasteiger partial charge on any atom is -0.356 e. The van der Waals surface area contributed by atoms with Gasteiger partial charge in [0.05, 0.1) is 0 Å². The van der Waals surface area contributed by atoms with Crippen LogP contribution >= 0.6 is 21.6 Å². The Bertz CT molecular complexity index is 288. The lowest BCUT2D eigenvalue weighted by molar-refractivity contribution is -0.122.